The minimum absolute atomic E-state index is 0.0191. The molecule has 0 unspecified atom stereocenters. The molecule has 0 bridgehead atoms. The third kappa shape index (κ3) is 5.39. The number of hydrogen-bond acceptors (Lipinski definition) is 10. The van der Waals surface area contributed by atoms with Crippen LogP contribution in [0, 0.1) is 6.92 Å². The second-order valence-corrected chi connectivity index (χ2v) is 7.53. The number of methoxy groups -OCH3 is 4. The molecule has 1 heterocycles. The monoisotopic (exact) mass is 480 g/mol. The van der Waals surface area contributed by atoms with Gasteiger partial charge in [-0.15, -0.1) is 11.3 Å². The molecular formula is C20H20N2O8S2. The van der Waals surface area contributed by atoms with Gasteiger partial charge in [0.1, 0.15) is 9.88 Å². The van der Waals surface area contributed by atoms with Crippen molar-refractivity contribution in [3.8, 4) is 0 Å². The fourth-order valence-corrected chi connectivity index (χ4v) is 4.08. The maximum absolute atomic E-state index is 12.3. The Morgan fingerprint density at radius 3 is 1.75 bits per heavy atom. The SMILES string of the molecule is COC(=O)c1cc(NC(=S)Nc2sc(C(=O)OC)c(C)c2C(=O)OC)cc(C(=O)OC)c1. The smallest absolute Gasteiger partial charge is 0.348 e. The number of carbonyl (C=O) groups is 4. The topological polar surface area (TPSA) is 129 Å². The molecule has 0 radical (unpaired) electrons. The van der Waals surface area contributed by atoms with E-state index in [1.54, 1.807) is 6.92 Å². The number of carbonyl (C=O) groups excluding carboxylic acids is 4. The molecule has 0 atom stereocenters. The summed E-state index contributed by atoms with van der Waals surface area (Å²) >= 11 is 6.27. The molecule has 10 nitrogen and oxygen atoms in total. The fourth-order valence-electron chi connectivity index (χ4n) is 2.67. The van der Waals surface area contributed by atoms with Gasteiger partial charge >= 0.3 is 23.9 Å². The molecule has 0 fully saturated rings. The Morgan fingerprint density at radius 2 is 1.28 bits per heavy atom. The van der Waals surface area contributed by atoms with Crippen LogP contribution in [0.4, 0.5) is 10.7 Å². The summed E-state index contributed by atoms with van der Waals surface area (Å²) in [5.41, 5.74) is 0.971. The van der Waals surface area contributed by atoms with E-state index in [2.05, 4.69) is 10.6 Å². The van der Waals surface area contributed by atoms with Crippen LogP contribution in [0.2, 0.25) is 0 Å². The van der Waals surface area contributed by atoms with E-state index >= 15 is 0 Å². The van der Waals surface area contributed by atoms with Gasteiger partial charge in [-0.25, -0.2) is 19.2 Å². The standard InChI is InChI=1S/C20H20N2O8S2/c1-9-13(18(25)29-4)15(32-14(9)19(26)30-5)22-20(31)21-12-7-10(16(23)27-2)6-11(8-12)17(24)28-3/h6-8H,1-5H3,(H2,21,22,31). The summed E-state index contributed by atoms with van der Waals surface area (Å²) in [6.07, 6.45) is 0. The lowest BCUT2D eigenvalue weighted by molar-refractivity contribution is 0.0583. The average Bonchev–Trinajstić information content (AvgIpc) is 3.11. The zero-order chi connectivity index (χ0) is 24.0. The van der Waals surface area contributed by atoms with E-state index < -0.39 is 23.9 Å². The van der Waals surface area contributed by atoms with Gasteiger partial charge < -0.3 is 29.6 Å². The molecule has 12 heteroatoms. The van der Waals surface area contributed by atoms with E-state index in [0.29, 0.717) is 5.56 Å². The number of anilines is 2. The number of esters is 4. The lowest BCUT2D eigenvalue weighted by Crippen LogP contribution is -2.21. The van der Waals surface area contributed by atoms with Crippen LogP contribution in [0.5, 0.6) is 0 Å². The van der Waals surface area contributed by atoms with Crippen molar-refractivity contribution in [2.24, 2.45) is 0 Å². The molecule has 2 N–H and O–H groups in total. The van der Waals surface area contributed by atoms with Crippen molar-refractivity contribution in [1.29, 1.82) is 0 Å². The predicted molar refractivity (Wildman–Crippen MR) is 121 cm³/mol. The van der Waals surface area contributed by atoms with Crippen LogP contribution in [0.15, 0.2) is 18.2 Å². The van der Waals surface area contributed by atoms with Gasteiger partial charge in [-0.2, -0.15) is 0 Å². The molecule has 0 aliphatic heterocycles. The minimum Gasteiger partial charge on any atom is -0.465 e. The molecule has 0 amide bonds. The lowest BCUT2D eigenvalue weighted by atomic mass is 10.1. The van der Waals surface area contributed by atoms with Crippen LogP contribution in [-0.2, 0) is 18.9 Å². The minimum atomic E-state index is -0.667. The van der Waals surface area contributed by atoms with E-state index in [9.17, 15) is 19.2 Å². The largest absolute Gasteiger partial charge is 0.465 e. The second-order valence-electron chi connectivity index (χ2n) is 6.10. The van der Waals surface area contributed by atoms with Crippen molar-refractivity contribution in [2.45, 2.75) is 6.92 Å². The Hall–Kier alpha value is -3.51. The quantitative estimate of drug-likeness (QED) is 0.359. The summed E-state index contributed by atoms with van der Waals surface area (Å²) in [6.45, 7) is 1.58. The van der Waals surface area contributed by atoms with E-state index in [1.165, 1.54) is 46.6 Å². The third-order valence-corrected chi connectivity index (χ3v) is 5.56. The fraction of sp³-hybridized carbons (Fsp3) is 0.250. The Balaban J connectivity index is 2.38. The Labute approximate surface area is 192 Å². The summed E-state index contributed by atoms with van der Waals surface area (Å²) in [6, 6.07) is 4.17. The molecule has 0 saturated heterocycles. The number of hydrogen-bond donors (Lipinski definition) is 2. The summed E-state index contributed by atoms with van der Waals surface area (Å²) in [5, 5.41) is 5.94. The van der Waals surface area contributed by atoms with Gasteiger partial charge in [-0.1, -0.05) is 0 Å². The molecule has 1 aromatic heterocycles. The van der Waals surface area contributed by atoms with Crippen LogP contribution < -0.4 is 10.6 Å². The van der Waals surface area contributed by atoms with Crippen molar-refractivity contribution in [3.63, 3.8) is 0 Å². The maximum Gasteiger partial charge on any atom is 0.348 e. The highest BCUT2D eigenvalue weighted by Gasteiger charge is 2.26. The molecule has 0 spiro atoms. The molecular weight excluding hydrogens is 460 g/mol. The maximum atomic E-state index is 12.3. The number of benzene rings is 1. The van der Waals surface area contributed by atoms with Crippen LogP contribution in [0.25, 0.3) is 0 Å². The Morgan fingerprint density at radius 1 is 0.781 bits per heavy atom. The van der Waals surface area contributed by atoms with Crippen molar-refractivity contribution < 1.29 is 38.1 Å². The van der Waals surface area contributed by atoms with Crippen LogP contribution in [0.3, 0.4) is 0 Å². The predicted octanol–water partition coefficient (Wildman–Crippen LogP) is 3.01. The van der Waals surface area contributed by atoms with Gasteiger partial charge in [0.05, 0.1) is 45.1 Å². The molecule has 2 rings (SSSR count). The molecule has 2 aromatic rings. The van der Waals surface area contributed by atoms with Gasteiger partial charge in [0.15, 0.2) is 5.11 Å². The van der Waals surface area contributed by atoms with E-state index in [1.807, 2.05) is 0 Å². The van der Waals surface area contributed by atoms with Gasteiger partial charge in [0.2, 0.25) is 0 Å². The first-order valence-electron chi connectivity index (χ1n) is 8.86. The van der Waals surface area contributed by atoms with Crippen LogP contribution in [0.1, 0.15) is 46.3 Å². The second kappa shape index (κ2) is 10.7. The number of thiophene rings is 1. The van der Waals surface area contributed by atoms with Crippen molar-refractivity contribution in [2.75, 3.05) is 39.1 Å². The zero-order valence-corrected chi connectivity index (χ0v) is 19.4. The van der Waals surface area contributed by atoms with E-state index in [-0.39, 0.29) is 37.4 Å². The number of ether oxygens (including phenoxy) is 4. The summed E-state index contributed by atoms with van der Waals surface area (Å²) in [7, 11) is 4.85. The number of rotatable bonds is 6. The summed E-state index contributed by atoms with van der Waals surface area (Å²) < 4.78 is 19.0. The van der Waals surface area contributed by atoms with Gasteiger partial charge in [0, 0.05) is 5.69 Å². The zero-order valence-electron chi connectivity index (χ0n) is 17.8. The molecule has 0 saturated carbocycles. The molecule has 1 aromatic carbocycles. The van der Waals surface area contributed by atoms with Crippen molar-refractivity contribution >= 4 is 63.2 Å². The summed E-state index contributed by atoms with van der Waals surface area (Å²) in [4.78, 5) is 48.4. The van der Waals surface area contributed by atoms with Gasteiger partial charge in [-0.05, 0) is 42.9 Å². The highest BCUT2D eigenvalue weighted by molar-refractivity contribution is 7.80. The van der Waals surface area contributed by atoms with Crippen LogP contribution in [-0.4, -0.2) is 57.4 Å². The first kappa shape index (κ1) is 24.8. The lowest BCUT2D eigenvalue weighted by Gasteiger charge is -2.13. The molecule has 0 aliphatic rings. The third-order valence-electron chi connectivity index (χ3n) is 4.17. The number of nitrogens with one attached hydrogen (secondary N) is 2. The highest BCUT2D eigenvalue weighted by Crippen LogP contribution is 2.34. The average molecular weight is 481 g/mol. The van der Waals surface area contributed by atoms with Gasteiger partial charge in [0.25, 0.3) is 0 Å². The molecule has 32 heavy (non-hydrogen) atoms. The normalized spacial score (nSPS) is 10.0. The number of thiocarbonyl (C=S) groups is 1. The van der Waals surface area contributed by atoms with Crippen LogP contribution >= 0.6 is 23.6 Å². The Kier molecular flexibility index (Phi) is 8.27. The van der Waals surface area contributed by atoms with Crippen molar-refractivity contribution in [3.05, 3.63) is 45.3 Å². The highest BCUT2D eigenvalue weighted by atomic mass is 32.1. The van der Waals surface area contributed by atoms with Crippen molar-refractivity contribution in [1.82, 2.24) is 0 Å². The Bertz CT molecular complexity index is 1060. The molecule has 0 aliphatic carbocycles. The first-order chi connectivity index (χ1) is 15.2. The van der Waals surface area contributed by atoms with E-state index in [4.69, 9.17) is 31.2 Å². The summed E-state index contributed by atoms with van der Waals surface area (Å²) in [5.74, 6) is -2.61. The molecule has 170 valence electrons. The van der Waals surface area contributed by atoms with Gasteiger partial charge in [-0.3, -0.25) is 0 Å². The first-order valence-corrected chi connectivity index (χ1v) is 10.1. The van der Waals surface area contributed by atoms with E-state index in [0.717, 1.165) is 11.3 Å².